The van der Waals surface area contributed by atoms with Gasteiger partial charge in [-0.3, -0.25) is 4.79 Å². The van der Waals surface area contributed by atoms with E-state index in [-0.39, 0.29) is 13.0 Å². The first-order chi connectivity index (χ1) is 14.0. The fourth-order valence-corrected chi connectivity index (χ4v) is 3.69. The second-order valence-corrected chi connectivity index (χ2v) is 6.75. The van der Waals surface area contributed by atoms with Gasteiger partial charge in [-0.05, 0) is 42.2 Å². The van der Waals surface area contributed by atoms with Gasteiger partial charge in [-0.15, -0.1) is 0 Å². The Balaban J connectivity index is 2.11. The molecule has 0 aliphatic heterocycles. The van der Waals surface area contributed by atoms with Gasteiger partial charge in [0.05, 0.1) is 18.5 Å². The zero-order valence-electron chi connectivity index (χ0n) is 16.8. The number of nitrogens with zero attached hydrogens (tertiary/aromatic N) is 1. The first kappa shape index (κ1) is 20.5. The summed E-state index contributed by atoms with van der Waals surface area (Å²) in [5.41, 5.74) is 10.5. The number of carbonyl (C=O) groups is 2. The van der Waals surface area contributed by atoms with Crippen LogP contribution in [0.15, 0.2) is 48.7 Å². The Morgan fingerprint density at radius 2 is 1.79 bits per heavy atom. The minimum absolute atomic E-state index is 0.112. The first-order valence-electron chi connectivity index (χ1n) is 9.79. The molecule has 6 nitrogen and oxygen atoms in total. The molecule has 2 N–H and O–H groups in total. The van der Waals surface area contributed by atoms with Crippen molar-refractivity contribution < 1.29 is 19.1 Å². The van der Waals surface area contributed by atoms with Gasteiger partial charge in [-0.1, -0.05) is 37.3 Å². The Bertz CT molecular complexity index is 1010. The van der Waals surface area contributed by atoms with Crippen LogP contribution in [0.3, 0.4) is 0 Å². The number of nitrogens with two attached hydrogens (primary N) is 1. The summed E-state index contributed by atoms with van der Waals surface area (Å²) >= 11 is 0. The number of primary amides is 1. The lowest BCUT2D eigenvalue weighted by atomic mass is 10.00. The second-order valence-electron chi connectivity index (χ2n) is 6.75. The lowest BCUT2D eigenvalue weighted by Crippen LogP contribution is -2.16. The van der Waals surface area contributed by atoms with Gasteiger partial charge < -0.3 is 19.6 Å². The third-order valence-corrected chi connectivity index (χ3v) is 4.82. The molecular weight excluding hydrogens is 368 g/mol. The van der Waals surface area contributed by atoms with Crippen LogP contribution in [0, 0.1) is 0 Å². The molecule has 0 radical (unpaired) electrons. The van der Waals surface area contributed by atoms with Crippen LogP contribution in [0.5, 0.6) is 5.75 Å². The normalized spacial score (nSPS) is 10.8. The second kappa shape index (κ2) is 9.28. The molecule has 2 heterocycles. The number of fused-ring (bicyclic) bond motifs is 1. The van der Waals surface area contributed by atoms with Gasteiger partial charge in [0.2, 0.25) is 5.91 Å². The van der Waals surface area contributed by atoms with Crippen LogP contribution >= 0.6 is 0 Å². The Kier molecular flexibility index (Phi) is 6.54. The molecule has 1 amide bonds. The van der Waals surface area contributed by atoms with Crippen molar-refractivity contribution in [3.05, 3.63) is 71.0 Å². The number of carbonyl (C=O) groups excluding carboxylic acids is 2. The van der Waals surface area contributed by atoms with Crippen molar-refractivity contribution in [2.45, 2.75) is 33.1 Å². The van der Waals surface area contributed by atoms with E-state index in [9.17, 15) is 9.59 Å². The van der Waals surface area contributed by atoms with Gasteiger partial charge in [-0.2, -0.15) is 0 Å². The number of aromatic nitrogens is 1. The molecule has 152 valence electrons. The monoisotopic (exact) mass is 394 g/mol. The third kappa shape index (κ3) is 4.59. The maximum atomic E-state index is 11.8. The van der Waals surface area contributed by atoms with Crippen molar-refractivity contribution in [3.8, 4) is 5.75 Å². The predicted octanol–water partition coefficient (Wildman–Crippen LogP) is 3.06. The zero-order chi connectivity index (χ0) is 20.8. The quantitative estimate of drug-likeness (QED) is 0.566. The molecule has 3 rings (SSSR count). The van der Waals surface area contributed by atoms with Gasteiger partial charge in [0, 0.05) is 18.3 Å². The minimum atomic E-state index is -0.433. The number of rotatable bonds is 9. The minimum Gasteiger partial charge on any atom is -0.480 e. The van der Waals surface area contributed by atoms with E-state index in [1.165, 1.54) is 5.56 Å². The number of benzene rings is 1. The van der Waals surface area contributed by atoms with E-state index in [2.05, 4.69) is 19.1 Å². The predicted molar refractivity (Wildman–Crippen MR) is 111 cm³/mol. The van der Waals surface area contributed by atoms with E-state index in [4.69, 9.17) is 15.2 Å². The molecule has 0 atom stereocenters. The Labute approximate surface area is 170 Å². The molecule has 0 fully saturated rings. The molecule has 0 saturated carbocycles. The number of hydrogen-bond donors (Lipinski definition) is 1. The molecular formula is C23H26N2O4. The number of amides is 1. The Morgan fingerprint density at radius 3 is 2.45 bits per heavy atom. The number of hydrogen-bond acceptors (Lipinski definition) is 4. The summed E-state index contributed by atoms with van der Waals surface area (Å²) in [5, 5.41) is 0. The van der Waals surface area contributed by atoms with Crippen molar-refractivity contribution in [2.75, 3.05) is 13.2 Å². The van der Waals surface area contributed by atoms with Crippen LogP contribution in [0.2, 0.25) is 0 Å². The number of esters is 1. The largest absolute Gasteiger partial charge is 0.480 e. The third-order valence-electron chi connectivity index (χ3n) is 4.82. The van der Waals surface area contributed by atoms with Crippen LogP contribution < -0.4 is 10.5 Å². The SMILES string of the molecule is CCOC(=O)COc1cccn2c(Cc3ccccc3)c(CC)c(CC(N)=O)c12. The lowest BCUT2D eigenvalue weighted by Gasteiger charge is -2.10. The fraction of sp³-hybridized carbons (Fsp3) is 0.304. The van der Waals surface area contributed by atoms with E-state index in [0.717, 1.165) is 28.8 Å². The molecule has 0 saturated heterocycles. The molecule has 3 aromatic rings. The average molecular weight is 394 g/mol. The molecule has 0 unspecified atom stereocenters. The van der Waals surface area contributed by atoms with Crippen molar-refractivity contribution in [2.24, 2.45) is 5.73 Å². The topological polar surface area (TPSA) is 83.0 Å². The van der Waals surface area contributed by atoms with Crippen LogP contribution in [0.4, 0.5) is 0 Å². The standard InChI is InChI=1S/C23H26N2O4/c1-3-17-18(14-21(24)26)23-20(29-15-22(27)28-4-2)11-8-12-25(23)19(17)13-16-9-6-5-7-10-16/h5-12H,3-4,13-15H2,1-2H3,(H2,24,26). The molecule has 1 aromatic carbocycles. The maximum absolute atomic E-state index is 11.8. The zero-order valence-corrected chi connectivity index (χ0v) is 16.8. The molecule has 0 aliphatic rings. The maximum Gasteiger partial charge on any atom is 0.344 e. The summed E-state index contributed by atoms with van der Waals surface area (Å²) in [4.78, 5) is 23.6. The van der Waals surface area contributed by atoms with Crippen molar-refractivity contribution in [1.82, 2.24) is 4.40 Å². The average Bonchev–Trinajstić information content (AvgIpc) is 3.00. The van der Waals surface area contributed by atoms with Crippen molar-refractivity contribution >= 4 is 17.4 Å². The highest BCUT2D eigenvalue weighted by Gasteiger charge is 2.22. The van der Waals surface area contributed by atoms with Crippen molar-refractivity contribution in [3.63, 3.8) is 0 Å². The summed E-state index contributed by atoms with van der Waals surface area (Å²) in [5.74, 6) is -0.304. The Hall–Kier alpha value is -3.28. The van der Waals surface area contributed by atoms with Crippen LogP contribution in [-0.4, -0.2) is 29.5 Å². The number of ether oxygens (including phenoxy) is 2. The van der Waals surface area contributed by atoms with Crippen molar-refractivity contribution in [1.29, 1.82) is 0 Å². The van der Waals surface area contributed by atoms with Crippen LogP contribution in [0.1, 0.15) is 36.2 Å². The van der Waals surface area contributed by atoms with Gasteiger partial charge in [0.15, 0.2) is 6.61 Å². The highest BCUT2D eigenvalue weighted by atomic mass is 16.6. The number of pyridine rings is 1. The summed E-state index contributed by atoms with van der Waals surface area (Å²) in [7, 11) is 0. The fourth-order valence-electron chi connectivity index (χ4n) is 3.69. The molecule has 0 bridgehead atoms. The molecule has 0 aliphatic carbocycles. The van der Waals surface area contributed by atoms with E-state index in [0.29, 0.717) is 18.8 Å². The van der Waals surface area contributed by atoms with E-state index in [1.807, 2.05) is 34.9 Å². The summed E-state index contributed by atoms with van der Waals surface area (Å²) < 4.78 is 12.8. The van der Waals surface area contributed by atoms with Crippen LogP contribution in [-0.2, 0) is 33.6 Å². The molecule has 0 spiro atoms. The summed E-state index contributed by atoms with van der Waals surface area (Å²) in [6.07, 6.45) is 3.53. The highest BCUT2D eigenvalue weighted by Crippen LogP contribution is 2.33. The van der Waals surface area contributed by atoms with Gasteiger partial charge in [0.1, 0.15) is 5.75 Å². The highest BCUT2D eigenvalue weighted by molar-refractivity contribution is 5.83. The molecule has 2 aromatic heterocycles. The Morgan fingerprint density at radius 1 is 1.03 bits per heavy atom. The summed E-state index contributed by atoms with van der Waals surface area (Å²) in [6, 6.07) is 13.8. The smallest absolute Gasteiger partial charge is 0.344 e. The van der Waals surface area contributed by atoms with Crippen LogP contribution in [0.25, 0.3) is 5.52 Å². The first-order valence-corrected chi connectivity index (χ1v) is 9.79. The van der Waals surface area contributed by atoms with Gasteiger partial charge >= 0.3 is 5.97 Å². The lowest BCUT2D eigenvalue weighted by molar-refractivity contribution is -0.145. The van der Waals surface area contributed by atoms with E-state index in [1.54, 1.807) is 13.0 Å². The van der Waals surface area contributed by atoms with Gasteiger partial charge in [0.25, 0.3) is 0 Å². The van der Waals surface area contributed by atoms with E-state index < -0.39 is 11.9 Å². The van der Waals surface area contributed by atoms with E-state index >= 15 is 0 Å². The molecule has 6 heteroatoms. The molecule has 29 heavy (non-hydrogen) atoms. The van der Waals surface area contributed by atoms with Gasteiger partial charge in [-0.25, -0.2) is 4.79 Å². The summed E-state index contributed by atoms with van der Waals surface area (Å²) in [6.45, 7) is 3.92.